The van der Waals surface area contributed by atoms with Crippen molar-refractivity contribution in [3.8, 4) is 17.2 Å². The van der Waals surface area contributed by atoms with E-state index in [9.17, 15) is 4.79 Å². The first-order chi connectivity index (χ1) is 16.7. The summed E-state index contributed by atoms with van der Waals surface area (Å²) in [5, 5.41) is 12.5. The van der Waals surface area contributed by atoms with Gasteiger partial charge >= 0.3 is 0 Å². The van der Waals surface area contributed by atoms with Crippen molar-refractivity contribution in [3.05, 3.63) is 60.6 Å². The fraction of sp³-hybridized carbons (Fsp3) is 0.346. The van der Waals surface area contributed by atoms with Crippen molar-refractivity contribution in [2.24, 2.45) is 0 Å². The van der Waals surface area contributed by atoms with Crippen molar-refractivity contribution in [2.45, 2.75) is 39.3 Å². The second kappa shape index (κ2) is 10.1. The van der Waals surface area contributed by atoms with E-state index in [2.05, 4.69) is 20.4 Å². The Labute approximate surface area is 198 Å². The second-order valence-corrected chi connectivity index (χ2v) is 8.50. The summed E-state index contributed by atoms with van der Waals surface area (Å²) in [5.74, 6) is 1.61. The van der Waals surface area contributed by atoms with Crippen LogP contribution in [0.3, 0.4) is 0 Å². The highest BCUT2D eigenvalue weighted by molar-refractivity contribution is 5.97. The van der Waals surface area contributed by atoms with Gasteiger partial charge in [-0.1, -0.05) is 36.8 Å². The molecule has 0 aliphatic carbocycles. The van der Waals surface area contributed by atoms with E-state index in [0.717, 1.165) is 29.6 Å². The molecule has 0 saturated carbocycles. The molecule has 34 heavy (non-hydrogen) atoms. The van der Waals surface area contributed by atoms with Crippen LogP contribution in [0.2, 0.25) is 0 Å². The maximum atomic E-state index is 12.9. The van der Waals surface area contributed by atoms with Crippen molar-refractivity contribution in [2.75, 3.05) is 25.0 Å². The van der Waals surface area contributed by atoms with Gasteiger partial charge < -0.3 is 19.0 Å². The van der Waals surface area contributed by atoms with Gasteiger partial charge in [-0.25, -0.2) is 0 Å². The van der Waals surface area contributed by atoms with Crippen LogP contribution in [0.15, 0.2) is 59.1 Å². The summed E-state index contributed by atoms with van der Waals surface area (Å²) in [5.41, 5.74) is 2.42. The Kier molecular flexibility index (Phi) is 6.58. The molecular weight excluding hydrogens is 430 g/mol. The minimum absolute atomic E-state index is 0.143. The van der Waals surface area contributed by atoms with E-state index in [1.54, 1.807) is 0 Å². The summed E-state index contributed by atoms with van der Waals surface area (Å²) >= 11 is 0. The van der Waals surface area contributed by atoms with Gasteiger partial charge in [-0.15, -0.1) is 10.2 Å². The number of aromatic nitrogens is 3. The van der Waals surface area contributed by atoms with E-state index in [-0.39, 0.29) is 12.5 Å². The normalized spacial score (nSPS) is 14.4. The number of rotatable bonds is 8. The van der Waals surface area contributed by atoms with E-state index >= 15 is 0 Å². The molecule has 0 radical (unpaired) electrons. The van der Waals surface area contributed by atoms with Crippen molar-refractivity contribution in [3.63, 3.8) is 0 Å². The van der Waals surface area contributed by atoms with Gasteiger partial charge in [0.1, 0.15) is 12.3 Å². The molecule has 8 heteroatoms. The molecule has 0 spiro atoms. The summed E-state index contributed by atoms with van der Waals surface area (Å²) in [6, 6.07) is 15.4. The third-order valence-corrected chi connectivity index (χ3v) is 6.07. The number of carbonyl (C=O) groups is 1. The highest BCUT2D eigenvalue weighted by atomic mass is 16.5. The SMILES string of the molecule is CCOc1ccccc1NC(=O)Cn1cc(-c2nnc(CN3CCCCC3)o2)c2ccccc21. The lowest BCUT2D eigenvalue weighted by Gasteiger charge is -2.24. The number of benzene rings is 2. The van der Waals surface area contributed by atoms with Crippen LogP contribution in [0.4, 0.5) is 5.69 Å². The monoisotopic (exact) mass is 459 g/mol. The average molecular weight is 460 g/mol. The van der Waals surface area contributed by atoms with Crippen molar-refractivity contribution < 1.29 is 13.9 Å². The number of anilines is 1. The largest absolute Gasteiger partial charge is 0.492 e. The Hall–Kier alpha value is -3.65. The predicted octanol–water partition coefficient (Wildman–Crippen LogP) is 4.71. The van der Waals surface area contributed by atoms with E-state index < -0.39 is 0 Å². The van der Waals surface area contributed by atoms with Crippen LogP contribution in [0.1, 0.15) is 32.1 Å². The molecule has 176 valence electrons. The first-order valence-corrected chi connectivity index (χ1v) is 11.9. The summed E-state index contributed by atoms with van der Waals surface area (Å²) in [4.78, 5) is 15.3. The Balaban J connectivity index is 1.36. The van der Waals surface area contributed by atoms with Gasteiger partial charge in [0.05, 0.1) is 24.4 Å². The molecule has 1 aliphatic rings. The number of carbonyl (C=O) groups excluding carboxylic acids is 1. The fourth-order valence-corrected chi connectivity index (χ4v) is 4.48. The van der Waals surface area contributed by atoms with Crippen molar-refractivity contribution in [1.29, 1.82) is 0 Å². The van der Waals surface area contributed by atoms with E-state index in [4.69, 9.17) is 9.15 Å². The highest BCUT2D eigenvalue weighted by Gasteiger charge is 2.19. The number of hydrogen-bond donors (Lipinski definition) is 1. The highest BCUT2D eigenvalue weighted by Crippen LogP contribution is 2.30. The number of nitrogens with one attached hydrogen (secondary N) is 1. The zero-order valence-electron chi connectivity index (χ0n) is 19.4. The molecule has 0 atom stereocenters. The number of hydrogen-bond acceptors (Lipinski definition) is 6. The Bertz CT molecular complexity index is 1270. The van der Waals surface area contributed by atoms with Crippen LogP contribution in [0.5, 0.6) is 5.75 Å². The molecule has 4 aromatic rings. The Morgan fingerprint density at radius 1 is 1.06 bits per heavy atom. The molecule has 1 amide bonds. The van der Waals surface area contributed by atoms with Gasteiger partial charge in [-0.05, 0) is 51.1 Å². The summed E-state index contributed by atoms with van der Waals surface area (Å²) in [7, 11) is 0. The molecule has 2 aromatic heterocycles. The minimum atomic E-state index is -0.143. The lowest BCUT2D eigenvalue weighted by Crippen LogP contribution is -2.29. The fourth-order valence-electron chi connectivity index (χ4n) is 4.48. The van der Waals surface area contributed by atoms with Crippen LogP contribution in [0, 0.1) is 0 Å². The predicted molar refractivity (Wildman–Crippen MR) is 131 cm³/mol. The molecule has 8 nitrogen and oxygen atoms in total. The van der Waals surface area contributed by atoms with Crippen molar-refractivity contribution in [1.82, 2.24) is 19.7 Å². The number of piperidine rings is 1. The summed E-state index contributed by atoms with van der Waals surface area (Å²) in [6.07, 6.45) is 5.63. The number of para-hydroxylation sites is 3. The standard InChI is InChI=1S/C26H29N5O3/c1-2-33-23-13-7-5-11-21(23)27-24(32)17-31-16-20(19-10-4-6-12-22(19)31)26-29-28-25(34-26)18-30-14-8-3-9-15-30/h4-7,10-13,16H,2-3,8-9,14-15,17-18H2,1H3,(H,27,32). The molecule has 1 saturated heterocycles. The number of amides is 1. The zero-order chi connectivity index (χ0) is 23.3. The number of ether oxygens (including phenoxy) is 1. The smallest absolute Gasteiger partial charge is 0.249 e. The summed E-state index contributed by atoms with van der Waals surface area (Å²) in [6.45, 7) is 5.41. The quantitative estimate of drug-likeness (QED) is 0.411. The van der Waals surface area contributed by atoms with Crippen LogP contribution in [0.25, 0.3) is 22.4 Å². The summed E-state index contributed by atoms with van der Waals surface area (Å²) < 4.78 is 13.6. The first kappa shape index (κ1) is 22.2. The molecule has 3 heterocycles. The molecule has 5 rings (SSSR count). The maximum Gasteiger partial charge on any atom is 0.249 e. The molecule has 0 unspecified atom stereocenters. The molecule has 1 aliphatic heterocycles. The molecule has 2 aromatic carbocycles. The van der Waals surface area contributed by atoms with Gasteiger partial charge in [-0.3, -0.25) is 9.69 Å². The van der Waals surface area contributed by atoms with Gasteiger partial charge in [0.2, 0.25) is 17.7 Å². The third-order valence-electron chi connectivity index (χ3n) is 6.07. The van der Waals surface area contributed by atoms with Gasteiger partial charge in [0.25, 0.3) is 0 Å². The van der Waals surface area contributed by atoms with Crippen LogP contribution in [-0.2, 0) is 17.9 Å². The van der Waals surface area contributed by atoms with Gasteiger partial charge in [0, 0.05) is 17.1 Å². The second-order valence-electron chi connectivity index (χ2n) is 8.50. The topological polar surface area (TPSA) is 85.4 Å². The average Bonchev–Trinajstić information content (AvgIpc) is 3.46. The van der Waals surface area contributed by atoms with Crippen LogP contribution >= 0.6 is 0 Å². The van der Waals surface area contributed by atoms with Gasteiger partial charge in [-0.2, -0.15) is 0 Å². The van der Waals surface area contributed by atoms with E-state index in [0.29, 0.717) is 36.4 Å². The van der Waals surface area contributed by atoms with Crippen molar-refractivity contribution >= 4 is 22.5 Å². The third kappa shape index (κ3) is 4.82. The van der Waals surface area contributed by atoms with Crippen LogP contribution in [-0.4, -0.2) is 45.3 Å². The molecular formula is C26H29N5O3. The Morgan fingerprint density at radius 2 is 1.85 bits per heavy atom. The lowest BCUT2D eigenvalue weighted by molar-refractivity contribution is -0.116. The molecule has 1 N–H and O–H groups in total. The zero-order valence-corrected chi connectivity index (χ0v) is 19.4. The van der Waals surface area contributed by atoms with Gasteiger partial charge in [0.15, 0.2) is 0 Å². The number of likely N-dealkylation sites (tertiary alicyclic amines) is 1. The van der Waals surface area contributed by atoms with Crippen LogP contribution < -0.4 is 10.1 Å². The minimum Gasteiger partial charge on any atom is -0.492 e. The Morgan fingerprint density at radius 3 is 2.71 bits per heavy atom. The first-order valence-electron chi connectivity index (χ1n) is 11.9. The number of nitrogens with zero attached hydrogens (tertiary/aromatic N) is 4. The molecule has 1 fully saturated rings. The number of fused-ring (bicyclic) bond motifs is 1. The van der Waals surface area contributed by atoms with E-state index in [1.165, 1.54) is 19.3 Å². The lowest BCUT2D eigenvalue weighted by atomic mass is 10.1. The molecule has 0 bridgehead atoms. The maximum absolute atomic E-state index is 12.9. The van der Waals surface area contributed by atoms with E-state index in [1.807, 2.05) is 66.2 Å².